The number of ether oxygens (including phenoxy) is 1. The van der Waals surface area contributed by atoms with Crippen LogP contribution in [0.5, 0.6) is 0 Å². The molecule has 3 nitrogen and oxygen atoms in total. The number of likely N-dealkylation sites (tertiary alicyclic amines) is 1. The number of nitrogens with zero attached hydrogens (tertiary/aromatic N) is 1. The smallest absolute Gasteiger partial charge is 0.0468 e. The molecule has 0 saturated carbocycles. The van der Waals surface area contributed by atoms with E-state index in [0.717, 1.165) is 37.5 Å². The van der Waals surface area contributed by atoms with Crippen LogP contribution in [-0.4, -0.2) is 44.8 Å². The predicted octanol–water partition coefficient (Wildman–Crippen LogP) is 1.33. The summed E-state index contributed by atoms with van der Waals surface area (Å²) in [5.41, 5.74) is 6.01. The number of nitrogens with two attached hydrogens (primary N) is 1. The second-order valence-corrected chi connectivity index (χ2v) is 5.49. The molecule has 0 aliphatic carbocycles. The van der Waals surface area contributed by atoms with E-state index in [9.17, 15) is 0 Å². The Hall–Kier alpha value is -0.120. The molecule has 2 fully saturated rings. The Balaban J connectivity index is 1.88. The molecule has 1 atom stereocenters. The maximum atomic E-state index is 6.01. The minimum absolute atomic E-state index is 0.748. The highest BCUT2D eigenvalue weighted by Crippen LogP contribution is 2.34. The van der Waals surface area contributed by atoms with Crippen molar-refractivity contribution in [3.05, 3.63) is 0 Å². The van der Waals surface area contributed by atoms with Crippen molar-refractivity contribution < 1.29 is 4.74 Å². The fourth-order valence-corrected chi connectivity index (χ4v) is 3.37. The van der Waals surface area contributed by atoms with Gasteiger partial charge in [0.2, 0.25) is 0 Å². The predicted molar refractivity (Wildman–Crippen MR) is 66.3 cm³/mol. The van der Waals surface area contributed by atoms with Crippen LogP contribution in [0.1, 0.15) is 25.7 Å². The average molecular weight is 226 g/mol. The number of hydrogen-bond donors (Lipinski definition) is 1. The van der Waals surface area contributed by atoms with Crippen LogP contribution in [0, 0.1) is 17.8 Å². The lowest BCUT2D eigenvalue weighted by molar-refractivity contribution is 0.0266. The van der Waals surface area contributed by atoms with Gasteiger partial charge in [-0.25, -0.2) is 0 Å². The molecule has 0 aromatic carbocycles. The van der Waals surface area contributed by atoms with Gasteiger partial charge in [-0.3, -0.25) is 0 Å². The maximum absolute atomic E-state index is 6.01. The van der Waals surface area contributed by atoms with Gasteiger partial charge in [0.1, 0.15) is 0 Å². The lowest BCUT2D eigenvalue weighted by Gasteiger charge is -2.39. The molecule has 2 aliphatic heterocycles. The largest absolute Gasteiger partial charge is 0.381 e. The monoisotopic (exact) mass is 226 g/mol. The maximum Gasteiger partial charge on any atom is 0.0468 e. The van der Waals surface area contributed by atoms with Crippen LogP contribution in [-0.2, 0) is 4.74 Å². The Morgan fingerprint density at radius 2 is 1.69 bits per heavy atom. The Morgan fingerprint density at radius 1 is 1.12 bits per heavy atom. The van der Waals surface area contributed by atoms with E-state index in [1.807, 2.05) is 0 Å². The summed E-state index contributed by atoms with van der Waals surface area (Å²) in [4.78, 5) is 2.44. The van der Waals surface area contributed by atoms with Crippen LogP contribution in [0.25, 0.3) is 0 Å². The zero-order chi connectivity index (χ0) is 11.4. The zero-order valence-electron chi connectivity index (χ0n) is 10.5. The van der Waals surface area contributed by atoms with Gasteiger partial charge < -0.3 is 15.4 Å². The molecule has 3 heteroatoms. The topological polar surface area (TPSA) is 38.5 Å². The van der Waals surface area contributed by atoms with Crippen molar-refractivity contribution in [3.8, 4) is 0 Å². The highest BCUT2D eigenvalue weighted by atomic mass is 16.5. The minimum Gasteiger partial charge on any atom is -0.381 e. The molecule has 0 aromatic heterocycles. The lowest BCUT2D eigenvalue weighted by Crippen LogP contribution is -2.40. The summed E-state index contributed by atoms with van der Waals surface area (Å²) in [6, 6.07) is 0. The third-order valence-corrected chi connectivity index (χ3v) is 4.51. The lowest BCUT2D eigenvalue weighted by atomic mass is 9.74. The highest BCUT2D eigenvalue weighted by molar-refractivity contribution is 4.83. The van der Waals surface area contributed by atoms with Crippen molar-refractivity contribution in [3.63, 3.8) is 0 Å². The standard InChI is InChI=1S/C13H26N2O/c1-15-6-2-11(3-7-15)13(10-14)12-4-8-16-9-5-12/h11-13H,2-10,14H2,1H3. The van der Waals surface area contributed by atoms with Crippen LogP contribution in [0.3, 0.4) is 0 Å². The molecule has 94 valence electrons. The van der Waals surface area contributed by atoms with Crippen molar-refractivity contribution in [1.29, 1.82) is 0 Å². The van der Waals surface area contributed by atoms with Gasteiger partial charge in [0.15, 0.2) is 0 Å². The normalized spacial score (nSPS) is 28.1. The number of piperidine rings is 1. The highest BCUT2D eigenvalue weighted by Gasteiger charge is 2.31. The second kappa shape index (κ2) is 5.99. The molecule has 0 radical (unpaired) electrons. The molecule has 2 saturated heterocycles. The van der Waals surface area contributed by atoms with Gasteiger partial charge in [0.25, 0.3) is 0 Å². The molecule has 0 spiro atoms. The summed E-state index contributed by atoms with van der Waals surface area (Å²) in [6.45, 7) is 5.29. The molecule has 16 heavy (non-hydrogen) atoms. The zero-order valence-corrected chi connectivity index (χ0v) is 10.5. The molecule has 0 amide bonds. The molecule has 0 bridgehead atoms. The third kappa shape index (κ3) is 2.96. The van der Waals surface area contributed by atoms with Crippen LogP contribution in [0.2, 0.25) is 0 Å². The number of rotatable bonds is 3. The fourth-order valence-electron chi connectivity index (χ4n) is 3.37. The van der Waals surface area contributed by atoms with E-state index >= 15 is 0 Å². The van der Waals surface area contributed by atoms with E-state index in [2.05, 4.69) is 11.9 Å². The molecule has 1 unspecified atom stereocenters. The van der Waals surface area contributed by atoms with E-state index in [4.69, 9.17) is 10.5 Å². The van der Waals surface area contributed by atoms with Gasteiger partial charge in [0.05, 0.1) is 0 Å². The van der Waals surface area contributed by atoms with Crippen LogP contribution in [0.15, 0.2) is 0 Å². The van der Waals surface area contributed by atoms with Crippen molar-refractivity contribution in [1.82, 2.24) is 4.90 Å². The minimum atomic E-state index is 0.748. The fraction of sp³-hybridized carbons (Fsp3) is 1.00. The summed E-state index contributed by atoms with van der Waals surface area (Å²) in [7, 11) is 2.22. The first-order valence-electron chi connectivity index (χ1n) is 6.77. The van der Waals surface area contributed by atoms with Crippen molar-refractivity contribution >= 4 is 0 Å². The van der Waals surface area contributed by atoms with Gasteiger partial charge in [-0.2, -0.15) is 0 Å². The Kier molecular flexibility index (Phi) is 4.62. The first kappa shape index (κ1) is 12.3. The first-order valence-corrected chi connectivity index (χ1v) is 6.77. The molecule has 2 N–H and O–H groups in total. The van der Waals surface area contributed by atoms with Gasteiger partial charge in [-0.1, -0.05) is 0 Å². The third-order valence-electron chi connectivity index (χ3n) is 4.51. The molecule has 2 aliphatic rings. The average Bonchev–Trinajstić information content (AvgIpc) is 2.34. The summed E-state index contributed by atoms with van der Waals surface area (Å²) in [5.74, 6) is 2.44. The summed E-state index contributed by atoms with van der Waals surface area (Å²) in [5, 5.41) is 0. The summed E-state index contributed by atoms with van der Waals surface area (Å²) >= 11 is 0. The van der Waals surface area contributed by atoms with Gasteiger partial charge in [0, 0.05) is 13.2 Å². The van der Waals surface area contributed by atoms with Crippen LogP contribution >= 0.6 is 0 Å². The second-order valence-electron chi connectivity index (χ2n) is 5.49. The molecule has 0 aromatic rings. The van der Waals surface area contributed by atoms with Crippen molar-refractivity contribution in [2.45, 2.75) is 25.7 Å². The summed E-state index contributed by atoms with van der Waals surface area (Å²) in [6.07, 6.45) is 5.15. The Morgan fingerprint density at radius 3 is 2.25 bits per heavy atom. The number of hydrogen-bond acceptors (Lipinski definition) is 3. The van der Waals surface area contributed by atoms with Crippen molar-refractivity contribution in [2.75, 3.05) is 39.9 Å². The van der Waals surface area contributed by atoms with E-state index < -0.39 is 0 Å². The molecule has 2 rings (SSSR count). The van der Waals surface area contributed by atoms with Gasteiger partial charge >= 0.3 is 0 Å². The van der Waals surface area contributed by atoms with E-state index in [1.54, 1.807) is 0 Å². The van der Waals surface area contributed by atoms with E-state index in [1.165, 1.54) is 38.8 Å². The molecular weight excluding hydrogens is 200 g/mol. The first-order chi connectivity index (χ1) is 7.81. The van der Waals surface area contributed by atoms with Crippen LogP contribution in [0.4, 0.5) is 0 Å². The van der Waals surface area contributed by atoms with E-state index in [0.29, 0.717) is 0 Å². The molecular formula is C13H26N2O. The molecule has 2 heterocycles. The van der Waals surface area contributed by atoms with Gasteiger partial charge in [-0.05, 0) is 70.1 Å². The van der Waals surface area contributed by atoms with E-state index in [-0.39, 0.29) is 0 Å². The van der Waals surface area contributed by atoms with Crippen molar-refractivity contribution in [2.24, 2.45) is 23.5 Å². The summed E-state index contributed by atoms with van der Waals surface area (Å²) < 4.78 is 5.45. The van der Waals surface area contributed by atoms with Crippen LogP contribution < -0.4 is 5.73 Å². The quantitative estimate of drug-likeness (QED) is 0.789. The SMILES string of the molecule is CN1CCC(C(CN)C2CCOCC2)CC1. The van der Waals surface area contributed by atoms with Gasteiger partial charge in [-0.15, -0.1) is 0 Å². The Bertz CT molecular complexity index is 196. The Labute approximate surface area is 99.3 Å².